The van der Waals surface area contributed by atoms with E-state index in [0.717, 1.165) is 62.5 Å². The maximum Gasteiger partial charge on any atom is 0.331 e. The van der Waals surface area contributed by atoms with E-state index in [2.05, 4.69) is 19.7 Å². The summed E-state index contributed by atoms with van der Waals surface area (Å²) >= 11 is 0. The molecule has 0 unspecified atom stereocenters. The Morgan fingerprint density at radius 1 is 0.941 bits per heavy atom. The highest BCUT2D eigenvalue weighted by Crippen LogP contribution is 2.49. The summed E-state index contributed by atoms with van der Waals surface area (Å²) in [4.78, 5) is 11.0. The van der Waals surface area contributed by atoms with Crippen molar-refractivity contribution in [3.05, 3.63) is 60.8 Å². The molecular formula is C28H38O6. The van der Waals surface area contributed by atoms with Crippen molar-refractivity contribution in [1.29, 1.82) is 0 Å². The standard InChI is InChI=1S/C28H38O6/c1-5-12-22-24(33-27(31-22)15-8-9-16-27)21(4)25-23(32-28(34-25)17-10-11-18-28)19(2)13-6-7-14-20(3)26(29)30/h5-7,14,22-25H,1-2,4,8-13,15-18H2,3H3,(H,29,30)/b7-6+,20-14+/t22-,23-,24-,25-/m1/s1. The summed E-state index contributed by atoms with van der Waals surface area (Å²) in [6, 6.07) is 0. The molecule has 2 saturated carbocycles. The van der Waals surface area contributed by atoms with Gasteiger partial charge in [-0.25, -0.2) is 4.79 Å². The summed E-state index contributed by atoms with van der Waals surface area (Å²) in [6.07, 6.45) is 15.1. The van der Waals surface area contributed by atoms with Crippen molar-refractivity contribution < 1.29 is 28.8 Å². The molecular weight excluding hydrogens is 432 g/mol. The number of ether oxygens (including phenoxy) is 4. The quantitative estimate of drug-likeness (QED) is 0.262. The first kappa shape index (κ1) is 25.1. The Morgan fingerprint density at radius 2 is 1.50 bits per heavy atom. The van der Waals surface area contributed by atoms with Crippen LogP contribution in [0.15, 0.2) is 60.8 Å². The summed E-state index contributed by atoms with van der Waals surface area (Å²) in [5.74, 6) is -2.04. The van der Waals surface area contributed by atoms with Crippen molar-refractivity contribution in [2.75, 3.05) is 0 Å². The second kappa shape index (κ2) is 10.3. The van der Waals surface area contributed by atoms with Gasteiger partial charge in [-0.05, 0) is 56.6 Å². The monoisotopic (exact) mass is 470 g/mol. The van der Waals surface area contributed by atoms with Crippen molar-refractivity contribution in [2.45, 2.75) is 107 Å². The van der Waals surface area contributed by atoms with E-state index in [-0.39, 0.29) is 30.0 Å². The zero-order chi connectivity index (χ0) is 24.3. The van der Waals surface area contributed by atoms with Crippen LogP contribution in [0.1, 0.15) is 71.1 Å². The number of carboxylic acid groups (broad SMARTS) is 1. The van der Waals surface area contributed by atoms with E-state index >= 15 is 0 Å². The first-order valence-corrected chi connectivity index (χ1v) is 12.5. The molecule has 6 heteroatoms. The predicted octanol–water partition coefficient (Wildman–Crippen LogP) is 5.76. The fourth-order valence-electron chi connectivity index (χ4n) is 5.58. The fourth-order valence-corrected chi connectivity index (χ4v) is 5.58. The molecule has 2 heterocycles. The molecule has 2 saturated heterocycles. The van der Waals surface area contributed by atoms with Crippen LogP contribution in [-0.2, 0) is 23.7 Å². The van der Waals surface area contributed by atoms with Gasteiger partial charge in [0.05, 0.1) is 6.10 Å². The van der Waals surface area contributed by atoms with Gasteiger partial charge >= 0.3 is 5.97 Å². The number of carboxylic acids is 1. The Labute approximate surface area is 203 Å². The molecule has 34 heavy (non-hydrogen) atoms. The highest BCUT2D eigenvalue weighted by atomic mass is 16.8. The number of hydrogen-bond donors (Lipinski definition) is 1. The van der Waals surface area contributed by atoms with Crippen molar-refractivity contribution in [3.63, 3.8) is 0 Å². The Morgan fingerprint density at radius 3 is 2.09 bits per heavy atom. The molecule has 2 aliphatic heterocycles. The van der Waals surface area contributed by atoms with Crippen LogP contribution < -0.4 is 0 Å². The van der Waals surface area contributed by atoms with Crippen LogP contribution >= 0.6 is 0 Å². The minimum Gasteiger partial charge on any atom is -0.478 e. The number of carbonyl (C=O) groups is 1. The molecule has 2 spiro atoms. The van der Waals surface area contributed by atoms with Gasteiger partial charge in [-0.2, -0.15) is 0 Å². The molecule has 0 aromatic carbocycles. The Kier molecular flexibility index (Phi) is 7.63. The lowest BCUT2D eigenvalue weighted by atomic mass is 9.92. The van der Waals surface area contributed by atoms with Crippen LogP contribution in [0.4, 0.5) is 0 Å². The maximum atomic E-state index is 11.0. The fraction of sp³-hybridized carbons (Fsp3) is 0.607. The topological polar surface area (TPSA) is 74.2 Å². The van der Waals surface area contributed by atoms with E-state index in [0.29, 0.717) is 12.8 Å². The lowest BCUT2D eigenvalue weighted by Gasteiger charge is -2.27. The molecule has 4 aliphatic rings. The van der Waals surface area contributed by atoms with Gasteiger partial charge in [0.15, 0.2) is 11.6 Å². The van der Waals surface area contributed by atoms with E-state index in [1.54, 1.807) is 19.1 Å². The van der Waals surface area contributed by atoms with E-state index in [4.69, 9.17) is 24.1 Å². The summed E-state index contributed by atoms with van der Waals surface area (Å²) in [6.45, 7) is 14.2. The summed E-state index contributed by atoms with van der Waals surface area (Å²) in [5, 5.41) is 9.02. The van der Waals surface area contributed by atoms with Crippen LogP contribution in [-0.4, -0.2) is 47.1 Å². The number of allylic oxidation sites excluding steroid dienone is 3. The average Bonchev–Trinajstić information content (AvgIpc) is 3.60. The Hall–Kier alpha value is -1.99. The number of aliphatic carboxylic acids is 1. The normalized spacial score (nSPS) is 32.2. The highest BCUT2D eigenvalue weighted by molar-refractivity contribution is 5.86. The van der Waals surface area contributed by atoms with Gasteiger partial charge in [-0.1, -0.05) is 37.5 Å². The first-order chi connectivity index (χ1) is 16.3. The van der Waals surface area contributed by atoms with E-state index in [9.17, 15) is 4.79 Å². The third-order valence-corrected chi connectivity index (χ3v) is 7.47. The number of rotatable bonds is 9. The Balaban J connectivity index is 1.51. The molecule has 186 valence electrons. The molecule has 0 aromatic heterocycles. The van der Waals surface area contributed by atoms with Gasteiger partial charge in [0.25, 0.3) is 0 Å². The molecule has 1 N–H and O–H groups in total. The average molecular weight is 471 g/mol. The molecule has 0 radical (unpaired) electrons. The maximum absolute atomic E-state index is 11.0. The largest absolute Gasteiger partial charge is 0.478 e. The van der Waals surface area contributed by atoms with Crippen LogP contribution in [0.5, 0.6) is 0 Å². The van der Waals surface area contributed by atoms with Crippen molar-refractivity contribution in [3.8, 4) is 0 Å². The smallest absolute Gasteiger partial charge is 0.331 e. The van der Waals surface area contributed by atoms with Crippen molar-refractivity contribution >= 4 is 5.97 Å². The van der Waals surface area contributed by atoms with E-state index in [1.165, 1.54) is 0 Å². The molecule has 2 aliphatic carbocycles. The van der Waals surface area contributed by atoms with Gasteiger partial charge in [0, 0.05) is 31.3 Å². The third kappa shape index (κ3) is 5.15. The first-order valence-electron chi connectivity index (χ1n) is 12.5. The van der Waals surface area contributed by atoms with E-state index in [1.807, 2.05) is 12.2 Å². The van der Waals surface area contributed by atoms with Crippen LogP contribution in [0, 0.1) is 0 Å². The zero-order valence-corrected chi connectivity index (χ0v) is 20.3. The second-order valence-electron chi connectivity index (χ2n) is 10.1. The van der Waals surface area contributed by atoms with Gasteiger partial charge in [-0.3, -0.25) is 0 Å². The second-order valence-corrected chi connectivity index (χ2v) is 10.1. The van der Waals surface area contributed by atoms with Crippen LogP contribution in [0.3, 0.4) is 0 Å². The lowest BCUT2D eigenvalue weighted by molar-refractivity contribution is -0.171. The zero-order valence-electron chi connectivity index (χ0n) is 20.3. The van der Waals surface area contributed by atoms with Gasteiger partial charge in [0.2, 0.25) is 0 Å². The van der Waals surface area contributed by atoms with Crippen molar-refractivity contribution in [1.82, 2.24) is 0 Å². The lowest BCUT2D eigenvalue weighted by Crippen LogP contribution is -2.36. The number of hydrogen-bond acceptors (Lipinski definition) is 5. The molecule has 0 aromatic rings. The summed E-state index contributed by atoms with van der Waals surface area (Å²) in [7, 11) is 0. The summed E-state index contributed by atoms with van der Waals surface area (Å²) in [5.41, 5.74) is 2.00. The van der Waals surface area contributed by atoms with Crippen molar-refractivity contribution in [2.24, 2.45) is 0 Å². The molecule has 4 rings (SSSR count). The SMILES string of the molecule is C=CC[C@H]1OC2(CCCC2)O[C@@H]1C(=C)[C@H]1OC2(CCCC2)O[C@@H]1C(=C)C/C=C/C=C(\C)C(=O)O. The minimum atomic E-state index is -0.927. The van der Waals surface area contributed by atoms with Gasteiger partial charge in [-0.15, -0.1) is 6.58 Å². The predicted molar refractivity (Wildman–Crippen MR) is 130 cm³/mol. The molecule has 0 amide bonds. The molecule has 4 atom stereocenters. The minimum absolute atomic E-state index is 0.134. The Bertz CT molecular complexity index is 871. The molecule has 6 nitrogen and oxygen atoms in total. The highest BCUT2D eigenvalue weighted by Gasteiger charge is 2.55. The molecule has 0 bridgehead atoms. The summed E-state index contributed by atoms with van der Waals surface area (Å²) < 4.78 is 26.2. The van der Waals surface area contributed by atoms with Crippen LogP contribution in [0.2, 0.25) is 0 Å². The third-order valence-electron chi connectivity index (χ3n) is 7.47. The van der Waals surface area contributed by atoms with Gasteiger partial charge < -0.3 is 24.1 Å². The molecule has 4 fully saturated rings. The van der Waals surface area contributed by atoms with E-state index < -0.39 is 17.5 Å². The van der Waals surface area contributed by atoms with Crippen LogP contribution in [0.25, 0.3) is 0 Å². The van der Waals surface area contributed by atoms with Gasteiger partial charge in [0.1, 0.15) is 18.3 Å².